The number of nitrogens with two attached hydrogens (primary N) is 1. The lowest BCUT2D eigenvalue weighted by atomic mass is 9.93. The minimum absolute atomic E-state index is 0.0198. The topological polar surface area (TPSA) is 47.7 Å². The van der Waals surface area contributed by atoms with Crippen LogP contribution < -0.4 is 5.73 Å². The average Bonchev–Trinajstić information content (AvgIpc) is 2.35. The Morgan fingerprint density at radius 2 is 1.56 bits per heavy atom. The van der Waals surface area contributed by atoms with Crippen LogP contribution in [-0.2, 0) is 9.47 Å². The molecular formula is C14H30N2O2. The van der Waals surface area contributed by atoms with Gasteiger partial charge in [0.1, 0.15) is 0 Å². The summed E-state index contributed by atoms with van der Waals surface area (Å²) in [4.78, 5) is 2.54. The van der Waals surface area contributed by atoms with Crippen molar-refractivity contribution >= 4 is 0 Å². The number of rotatable bonds is 6. The maximum Gasteiger partial charge on any atom is 0.158 e. The first-order valence-electron chi connectivity index (χ1n) is 7.17. The number of nitrogens with zero attached hydrogens (tertiary/aromatic N) is 1. The molecule has 0 aromatic heterocycles. The van der Waals surface area contributed by atoms with Crippen molar-refractivity contribution in [2.24, 2.45) is 5.73 Å². The fourth-order valence-electron chi connectivity index (χ4n) is 2.75. The molecule has 1 fully saturated rings. The molecule has 0 aliphatic carbocycles. The standard InChI is InChI=1S/C14H30N2O2/c1-14(12-15,11-13(17-2)18-3)16-9-7-5-4-6-8-10-16/h13H,4-12,15H2,1-3H3. The molecule has 0 bridgehead atoms. The number of ether oxygens (including phenoxy) is 2. The van der Waals surface area contributed by atoms with Gasteiger partial charge in [-0.1, -0.05) is 19.3 Å². The number of likely N-dealkylation sites (tertiary alicyclic amines) is 1. The van der Waals surface area contributed by atoms with Crippen molar-refractivity contribution in [1.29, 1.82) is 0 Å². The third-order valence-corrected chi connectivity index (χ3v) is 4.19. The maximum atomic E-state index is 6.03. The lowest BCUT2D eigenvalue weighted by Crippen LogP contribution is -2.54. The predicted octanol–water partition coefficient (Wildman–Crippen LogP) is 1.98. The summed E-state index contributed by atoms with van der Waals surface area (Å²) in [7, 11) is 3.39. The van der Waals surface area contributed by atoms with E-state index in [1.807, 2.05) is 0 Å². The second-order valence-corrected chi connectivity index (χ2v) is 5.56. The van der Waals surface area contributed by atoms with Gasteiger partial charge in [0, 0.05) is 32.7 Å². The first-order chi connectivity index (χ1) is 8.66. The highest BCUT2D eigenvalue weighted by Gasteiger charge is 2.33. The Hall–Kier alpha value is -0.160. The monoisotopic (exact) mass is 258 g/mol. The van der Waals surface area contributed by atoms with Crippen molar-refractivity contribution in [2.45, 2.75) is 57.3 Å². The van der Waals surface area contributed by atoms with Crippen molar-refractivity contribution in [1.82, 2.24) is 4.90 Å². The van der Waals surface area contributed by atoms with Crippen LogP contribution in [0, 0.1) is 0 Å². The molecule has 0 radical (unpaired) electrons. The van der Waals surface area contributed by atoms with E-state index in [-0.39, 0.29) is 11.8 Å². The Labute approximate surface area is 112 Å². The van der Waals surface area contributed by atoms with Gasteiger partial charge >= 0.3 is 0 Å². The van der Waals surface area contributed by atoms with Crippen LogP contribution in [0.15, 0.2) is 0 Å². The van der Waals surface area contributed by atoms with E-state index in [0.717, 1.165) is 19.5 Å². The molecule has 0 aromatic carbocycles. The van der Waals surface area contributed by atoms with Gasteiger partial charge in [-0.3, -0.25) is 4.90 Å². The third kappa shape index (κ3) is 4.50. The van der Waals surface area contributed by atoms with Gasteiger partial charge in [0.2, 0.25) is 0 Å². The van der Waals surface area contributed by atoms with Crippen LogP contribution in [-0.4, -0.2) is 50.6 Å². The molecule has 0 amide bonds. The molecule has 1 saturated heterocycles. The van der Waals surface area contributed by atoms with Gasteiger partial charge in [-0.2, -0.15) is 0 Å². The molecule has 4 nitrogen and oxygen atoms in total. The van der Waals surface area contributed by atoms with Gasteiger partial charge in [-0.15, -0.1) is 0 Å². The molecule has 18 heavy (non-hydrogen) atoms. The molecular weight excluding hydrogens is 228 g/mol. The zero-order valence-corrected chi connectivity index (χ0v) is 12.3. The highest BCUT2D eigenvalue weighted by atomic mass is 16.7. The van der Waals surface area contributed by atoms with Gasteiger partial charge in [0.05, 0.1) is 0 Å². The van der Waals surface area contributed by atoms with Crippen molar-refractivity contribution in [3.05, 3.63) is 0 Å². The van der Waals surface area contributed by atoms with E-state index in [1.54, 1.807) is 14.2 Å². The Balaban J connectivity index is 2.64. The van der Waals surface area contributed by atoms with Gasteiger partial charge in [-0.05, 0) is 32.9 Å². The predicted molar refractivity (Wildman–Crippen MR) is 74.5 cm³/mol. The fraction of sp³-hybridized carbons (Fsp3) is 1.00. The van der Waals surface area contributed by atoms with Crippen LogP contribution in [0.1, 0.15) is 45.4 Å². The normalized spacial score (nSPS) is 22.5. The van der Waals surface area contributed by atoms with Crippen LogP contribution in [0.4, 0.5) is 0 Å². The van der Waals surface area contributed by atoms with E-state index >= 15 is 0 Å². The van der Waals surface area contributed by atoms with Crippen LogP contribution >= 0.6 is 0 Å². The highest BCUT2D eigenvalue weighted by Crippen LogP contribution is 2.25. The summed E-state index contributed by atoms with van der Waals surface area (Å²) in [6, 6.07) is 0. The van der Waals surface area contributed by atoms with Gasteiger partial charge < -0.3 is 15.2 Å². The minimum atomic E-state index is -0.163. The van der Waals surface area contributed by atoms with Crippen molar-refractivity contribution in [3.63, 3.8) is 0 Å². The zero-order valence-electron chi connectivity index (χ0n) is 12.3. The van der Waals surface area contributed by atoms with E-state index in [4.69, 9.17) is 15.2 Å². The molecule has 1 atom stereocenters. The molecule has 0 saturated carbocycles. The second-order valence-electron chi connectivity index (χ2n) is 5.56. The molecule has 0 spiro atoms. The van der Waals surface area contributed by atoms with Crippen LogP contribution in [0.3, 0.4) is 0 Å². The van der Waals surface area contributed by atoms with Crippen LogP contribution in [0.2, 0.25) is 0 Å². The largest absolute Gasteiger partial charge is 0.356 e. The first kappa shape index (κ1) is 15.9. The summed E-state index contributed by atoms with van der Waals surface area (Å²) in [5, 5.41) is 0. The zero-order chi connectivity index (χ0) is 13.4. The molecule has 108 valence electrons. The Morgan fingerprint density at radius 1 is 1.06 bits per heavy atom. The van der Waals surface area contributed by atoms with Gasteiger partial charge in [0.15, 0.2) is 6.29 Å². The van der Waals surface area contributed by atoms with Crippen LogP contribution in [0.5, 0.6) is 0 Å². The number of hydrogen-bond acceptors (Lipinski definition) is 4. The molecule has 1 unspecified atom stereocenters. The molecule has 2 N–H and O–H groups in total. The third-order valence-electron chi connectivity index (χ3n) is 4.19. The van der Waals surface area contributed by atoms with E-state index in [0.29, 0.717) is 6.54 Å². The van der Waals surface area contributed by atoms with Crippen molar-refractivity contribution < 1.29 is 9.47 Å². The quantitative estimate of drug-likeness (QED) is 0.740. The van der Waals surface area contributed by atoms with Gasteiger partial charge in [-0.25, -0.2) is 0 Å². The van der Waals surface area contributed by atoms with Crippen molar-refractivity contribution in [3.8, 4) is 0 Å². The van der Waals surface area contributed by atoms with Crippen LogP contribution in [0.25, 0.3) is 0 Å². The van der Waals surface area contributed by atoms with E-state index in [9.17, 15) is 0 Å². The summed E-state index contributed by atoms with van der Waals surface area (Å²) in [5.74, 6) is 0. The molecule has 1 aliphatic rings. The lowest BCUT2D eigenvalue weighted by molar-refractivity contribution is -0.129. The molecule has 1 heterocycles. The number of hydrogen-bond donors (Lipinski definition) is 1. The average molecular weight is 258 g/mol. The SMILES string of the molecule is COC(CC(C)(CN)N1CCCCCCC1)OC. The Morgan fingerprint density at radius 3 is 2.00 bits per heavy atom. The van der Waals surface area contributed by atoms with E-state index in [1.165, 1.54) is 32.1 Å². The number of methoxy groups -OCH3 is 2. The van der Waals surface area contributed by atoms with E-state index in [2.05, 4.69) is 11.8 Å². The smallest absolute Gasteiger partial charge is 0.158 e. The van der Waals surface area contributed by atoms with Gasteiger partial charge in [0.25, 0.3) is 0 Å². The second kappa shape index (κ2) is 8.10. The Bertz CT molecular complexity index is 214. The summed E-state index contributed by atoms with van der Waals surface area (Å²) in [5.41, 5.74) is 6.01. The molecule has 0 aromatic rings. The lowest BCUT2D eigenvalue weighted by Gasteiger charge is -2.43. The summed E-state index contributed by atoms with van der Waals surface area (Å²) in [6.45, 7) is 5.18. The Kier molecular flexibility index (Phi) is 7.15. The summed E-state index contributed by atoms with van der Waals surface area (Å²) in [6.07, 6.45) is 7.29. The summed E-state index contributed by atoms with van der Waals surface area (Å²) >= 11 is 0. The molecule has 1 rings (SSSR count). The first-order valence-corrected chi connectivity index (χ1v) is 7.17. The molecule has 1 aliphatic heterocycles. The summed E-state index contributed by atoms with van der Waals surface area (Å²) < 4.78 is 10.7. The fourth-order valence-corrected chi connectivity index (χ4v) is 2.75. The van der Waals surface area contributed by atoms with E-state index < -0.39 is 0 Å². The van der Waals surface area contributed by atoms with Crippen molar-refractivity contribution in [2.75, 3.05) is 33.9 Å². The molecule has 4 heteroatoms. The minimum Gasteiger partial charge on any atom is -0.356 e. The highest BCUT2D eigenvalue weighted by molar-refractivity contribution is 4.89. The maximum absolute atomic E-state index is 6.03.